The van der Waals surface area contributed by atoms with Gasteiger partial charge in [0.25, 0.3) is 0 Å². The highest BCUT2D eigenvalue weighted by molar-refractivity contribution is 6.25. The zero-order valence-corrected chi connectivity index (χ0v) is 21.3. The second-order valence-corrected chi connectivity index (χ2v) is 10.1. The van der Waals surface area contributed by atoms with Crippen molar-refractivity contribution >= 4 is 38.2 Å². The molecule has 0 bridgehead atoms. The van der Waals surface area contributed by atoms with E-state index in [-0.39, 0.29) is 0 Å². The number of pyridine rings is 1. The van der Waals surface area contributed by atoms with E-state index in [0.29, 0.717) is 0 Å². The Hall–Kier alpha value is -5.21. The van der Waals surface area contributed by atoms with Gasteiger partial charge in [-0.2, -0.15) is 0 Å². The first-order valence-corrected chi connectivity index (χ1v) is 13.3. The summed E-state index contributed by atoms with van der Waals surface area (Å²) in [5.74, 6) is 0. The Morgan fingerprint density at radius 1 is 0.385 bits per heavy atom. The molecular formula is C37H24N2. The molecule has 39 heavy (non-hydrogen) atoms. The van der Waals surface area contributed by atoms with Crippen molar-refractivity contribution in [1.29, 1.82) is 0 Å². The molecule has 0 saturated carbocycles. The minimum atomic E-state index is 0.966. The molecule has 0 spiro atoms. The number of rotatable bonds is 3. The van der Waals surface area contributed by atoms with Gasteiger partial charge in [0.2, 0.25) is 0 Å². The summed E-state index contributed by atoms with van der Waals surface area (Å²) in [5, 5.41) is 4.85. The molecule has 8 aromatic rings. The average molecular weight is 497 g/mol. The van der Waals surface area contributed by atoms with Crippen LogP contribution in [0.5, 0.6) is 0 Å². The maximum Gasteiger partial charge on any atom is 0.137 e. The summed E-state index contributed by atoms with van der Waals surface area (Å²) in [5.41, 5.74) is 10.5. The molecule has 0 aliphatic heterocycles. The molecule has 0 N–H and O–H groups in total. The van der Waals surface area contributed by atoms with Crippen molar-refractivity contribution in [3.63, 3.8) is 0 Å². The maximum absolute atomic E-state index is 5.08. The Labute approximate surface area is 226 Å². The monoisotopic (exact) mass is 496 g/mol. The molecule has 0 aliphatic rings. The van der Waals surface area contributed by atoms with Crippen LogP contribution in [0.1, 0.15) is 0 Å². The summed E-state index contributed by atoms with van der Waals surface area (Å²) in [6, 6.07) is 49.9. The highest BCUT2D eigenvalue weighted by Gasteiger charge is 2.16. The Morgan fingerprint density at radius 3 is 1.64 bits per heavy atom. The van der Waals surface area contributed by atoms with Gasteiger partial charge in [0.1, 0.15) is 5.65 Å². The molecular weight excluding hydrogens is 472 g/mol. The zero-order chi connectivity index (χ0) is 25.8. The maximum atomic E-state index is 5.08. The molecule has 0 amide bonds. The van der Waals surface area contributed by atoms with Crippen LogP contribution in [0.25, 0.3) is 71.6 Å². The van der Waals surface area contributed by atoms with Gasteiger partial charge >= 0.3 is 0 Å². The Balaban J connectivity index is 1.43. The smallest absolute Gasteiger partial charge is 0.137 e. The normalized spacial score (nSPS) is 11.6. The molecule has 2 nitrogen and oxygen atoms in total. The van der Waals surface area contributed by atoms with Crippen LogP contribution in [0, 0.1) is 0 Å². The fraction of sp³-hybridized carbons (Fsp3) is 0. The van der Waals surface area contributed by atoms with E-state index in [1.54, 1.807) is 0 Å². The zero-order valence-electron chi connectivity index (χ0n) is 21.3. The molecule has 6 aromatic carbocycles. The first kappa shape index (κ1) is 21.8. The van der Waals surface area contributed by atoms with Crippen molar-refractivity contribution in [3.05, 3.63) is 146 Å². The van der Waals surface area contributed by atoms with Crippen LogP contribution < -0.4 is 0 Å². The average Bonchev–Trinajstić information content (AvgIpc) is 3.42. The van der Waals surface area contributed by atoms with E-state index < -0.39 is 0 Å². The second kappa shape index (κ2) is 8.68. The molecule has 2 heteroatoms. The highest BCUT2D eigenvalue weighted by Crippen LogP contribution is 2.39. The number of fused-ring (bicyclic) bond motifs is 8. The fourth-order valence-electron chi connectivity index (χ4n) is 5.89. The number of imidazole rings is 1. The van der Waals surface area contributed by atoms with Crippen molar-refractivity contribution in [3.8, 4) is 33.4 Å². The number of hydrogen-bond donors (Lipinski definition) is 0. The van der Waals surface area contributed by atoms with Crippen LogP contribution >= 0.6 is 0 Å². The van der Waals surface area contributed by atoms with Crippen molar-refractivity contribution in [1.82, 2.24) is 9.38 Å². The molecule has 0 radical (unpaired) electrons. The minimum absolute atomic E-state index is 0.966. The molecule has 8 rings (SSSR count). The standard InChI is InChI=1S/C37H24N2/c1-3-10-25(11-4-1)27-14-9-15-28(22-27)30-18-20-32-34(24-30)33-23-29(26-12-5-2-6-13-26)17-19-31(33)36-37(32)39-21-8-7-16-35(39)38-36/h1-24H. The lowest BCUT2D eigenvalue weighted by Gasteiger charge is -2.12. The molecule has 182 valence electrons. The number of hydrogen-bond acceptors (Lipinski definition) is 1. The van der Waals surface area contributed by atoms with Gasteiger partial charge in [-0.25, -0.2) is 4.98 Å². The number of nitrogens with zero attached hydrogens (tertiary/aromatic N) is 2. The summed E-state index contributed by atoms with van der Waals surface area (Å²) in [4.78, 5) is 5.08. The van der Waals surface area contributed by atoms with E-state index in [4.69, 9.17) is 4.98 Å². The van der Waals surface area contributed by atoms with Gasteiger partial charge in [0, 0.05) is 17.0 Å². The van der Waals surface area contributed by atoms with Crippen LogP contribution in [0.4, 0.5) is 0 Å². The second-order valence-electron chi connectivity index (χ2n) is 10.1. The lowest BCUT2D eigenvalue weighted by atomic mass is 9.92. The van der Waals surface area contributed by atoms with Crippen LogP contribution in [-0.2, 0) is 0 Å². The van der Waals surface area contributed by atoms with Crippen LogP contribution in [0.15, 0.2) is 146 Å². The van der Waals surface area contributed by atoms with Gasteiger partial charge in [-0.15, -0.1) is 0 Å². The van der Waals surface area contributed by atoms with E-state index in [2.05, 4.69) is 150 Å². The highest BCUT2D eigenvalue weighted by atomic mass is 15.0. The Morgan fingerprint density at radius 2 is 0.923 bits per heavy atom. The largest absolute Gasteiger partial charge is 0.299 e. The van der Waals surface area contributed by atoms with Crippen molar-refractivity contribution < 1.29 is 0 Å². The molecule has 0 fully saturated rings. The summed E-state index contributed by atoms with van der Waals surface area (Å²) < 4.78 is 2.22. The molecule has 0 aliphatic carbocycles. The van der Waals surface area contributed by atoms with E-state index >= 15 is 0 Å². The van der Waals surface area contributed by atoms with Gasteiger partial charge in [0.05, 0.1) is 11.0 Å². The lowest BCUT2D eigenvalue weighted by Crippen LogP contribution is -1.88. The number of benzene rings is 6. The summed E-state index contributed by atoms with van der Waals surface area (Å²) >= 11 is 0. The number of aromatic nitrogens is 2. The molecule has 2 aromatic heterocycles. The van der Waals surface area contributed by atoms with Gasteiger partial charge in [-0.05, 0) is 74.5 Å². The van der Waals surface area contributed by atoms with Crippen molar-refractivity contribution in [2.75, 3.05) is 0 Å². The Bertz CT molecular complexity index is 2160. The summed E-state index contributed by atoms with van der Waals surface area (Å²) in [7, 11) is 0. The lowest BCUT2D eigenvalue weighted by molar-refractivity contribution is 1.23. The van der Waals surface area contributed by atoms with E-state index in [0.717, 1.165) is 16.7 Å². The van der Waals surface area contributed by atoms with Gasteiger partial charge in [-0.3, -0.25) is 4.40 Å². The van der Waals surface area contributed by atoms with E-state index in [9.17, 15) is 0 Å². The van der Waals surface area contributed by atoms with Gasteiger partial charge < -0.3 is 0 Å². The van der Waals surface area contributed by atoms with E-state index in [1.807, 2.05) is 0 Å². The van der Waals surface area contributed by atoms with Crippen molar-refractivity contribution in [2.45, 2.75) is 0 Å². The van der Waals surface area contributed by atoms with Gasteiger partial charge in [0.15, 0.2) is 0 Å². The third-order valence-electron chi connectivity index (χ3n) is 7.78. The first-order valence-electron chi connectivity index (χ1n) is 13.3. The predicted molar refractivity (Wildman–Crippen MR) is 164 cm³/mol. The molecule has 0 saturated heterocycles. The van der Waals surface area contributed by atoms with Crippen LogP contribution in [0.2, 0.25) is 0 Å². The predicted octanol–water partition coefficient (Wildman–Crippen LogP) is 9.79. The third-order valence-corrected chi connectivity index (χ3v) is 7.78. The van der Waals surface area contributed by atoms with Crippen molar-refractivity contribution in [2.24, 2.45) is 0 Å². The molecule has 2 heterocycles. The SMILES string of the molecule is c1ccc(-c2cccc(-c3ccc4c(c3)c3cc(-c5ccccc5)ccc3c3nc5ccccn5c43)c2)cc1. The van der Waals surface area contributed by atoms with Gasteiger partial charge in [-0.1, -0.05) is 109 Å². The Kier molecular flexibility index (Phi) is 4.86. The molecule has 0 atom stereocenters. The quantitative estimate of drug-likeness (QED) is 0.223. The molecule has 0 unspecified atom stereocenters. The fourth-order valence-corrected chi connectivity index (χ4v) is 5.89. The first-order chi connectivity index (χ1) is 19.3. The summed E-state index contributed by atoms with van der Waals surface area (Å²) in [6.45, 7) is 0. The van der Waals surface area contributed by atoms with Crippen LogP contribution in [-0.4, -0.2) is 9.38 Å². The van der Waals surface area contributed by atoms with E-state index in [1.165, 1.54) is 54.9 Å². The summed E-state index contributed by atoms with van der Waals surface area (Å²) in [6.07, 6.45) is 2.12. The topological polar surface area (TPSA) is 17.3 Å². The third kappa shape index (κ3) is 3.53. The van der Waals surface area contributed by atoms with Crippen LogP contribution in [0.3, 0.4) is 0 Å². The minimum Gasteiger partial charge on any atom is -0.299 e.